The van der Waals surface area contributed by atoms with E-state index in [4.69, 9.17) is 14.2 Å². The van der Waals surface area contributed by atoms with Crippen molar-refractivity contribution in [1.29, 1.82) is 0 Å². The number of aliphatic hydroxyl groups is 1. The van der Waals surface area contributed by atoms with Crippen molar-refractivity contribution in [2.75, 3.05) is 4.74 Å². The third kappa shape index (κ3) is 168. The van der Waals surface area contributed by atoms with Gasteiger partial charge in [-0.15, -0.1) is 0 Å². The minimum absolute atomic E-state index is 0. The summed E-state index contributed by atoms with van der Waals surface area (Å²) in [5.41, 5.74) is 0. The first-order valence-corrected chi connectivity index (χ1v) is 4.22. The molecule has 7 nitrogen and oxygen atoms in total. The van der Waals surface area contributed by atoms with Crippen LogP contribution in [-0.2, 0) is 0 Å². The molecule has 0 unspecified atom stereocenters. The number of hydrogen-bond donors (Lipinski definition) is 1. The molecule has 0 aliphatic rings. The van der Waals surface area contributed by atoms with Gasteiger partial charge in [0.15, 0.2) is 0 Å². The van der Waals surface area contributed by atoms with E-state index >= 15 is 0 Å². The van der Waals surface area contributed by atoms with Gasteiger partial charge in [-0.25, -0.2) is 0 Å². The van der Waals surface area contributed by atoms with Crippen molar-refractivity contribution in [1.82, 2.24) is 0 Å². The Kier molecular flexibility index (Phi) is 706. The summed E-state index contributed by atoms with van der Waals surface area (Å²) in [6.45, 7) is 0. The van der Waals surface area contributed by atoms with Crippen LogP contribution in [0.4, 0.5) is 0 Å². The van der Waals surface area contributed by atoms with Gasteiger partial charge >= 0.3 is 19.3 Å². The van der Waals surface area contributed by atoms with Crippen LogP contribution >= 0.6 is 9.07 Å². The second-order valence-electron chi connectivity index (χ2n) is 0.413. The maximum atomic E-state index is 7.80. The van der Waals surface area contributed by atoms with Crippen LogP contribution in [0.25, 0.3) is 0 Å². The van der Waals surface area contributed by atoms with Gasteiger partial charge in [-0.05, 0) is 4.74 Å². The van der Waals surface area contributed by atoms with E-state index in [-0.39, 0.29) is 37.6 Å². The smallest absolute Gasteiger partial charge is 0.422 e. The SMILES string of the molecule is O.O.O.O.O.O.O[CH2][Mg][Cl]. The molecule has 0 aliphatic heterocycles. The first-order chi connectivity index (χ1) is 1.91. The Morgan fingerprint density at radius 1 is 0.900 bits per heavy atom. The van der Waals surface area contributed by atoms with Gasteiger partial charge in [0.25, 0.3) is 0 Å². The summed E-state index contributed by atoms with van der Waals surface area (Å²) < 4.78 is 0.224. The van der Waals surface area contributed by atoms with Gasteiger partial charge in [0.2, 0.25) is 0 Å². The maximum Gasteiger partial charge on any atom is 0.532 e. The number of rotatable bonds is 1. The Morgan fingerprint density at radius 3 is 1.00 bits per heavy atom. The summed E-state index contributed by atoms with van der Waals surface area (Å²) in [5.74, 6) is 0. The van der Waals surface area contributed by atoms with Crippen molar-refractivity contribution < 1.29 is 38.0 Å². The first-order valence-electron chi connectivity index (χ1n) is 1.08. The summed E-state index contributed by atoms with van der Waals surface area (Å²) in [4.78, 5) is 0. The predicted octanol–water partition coefficient (Wildman–Crippen LogP) is -5.15. The van der Waals surface area contributed by atoms with Crippen LogP contribution in [0.5, 0.6) is 0 Å². The van der Waals surface area contributed by atoms with Crippen LogP contribution < -0.4 is 0 Å². The standard InChI is InChI=1S/CH3O.ClH.Mg.6H2O/c1-2;;;;;;;;/h2H,1H2;1H;;6*1H2/q;;+1;;;;;;/p-1. The molecule has 0 radical (unpaired) electrons. The molecule has 0 saturated carbocycles. The molecule has 0 atom stereocenters. The third-order valence-corrected chi connectivity index (χ3v) is 0.761. The Hall–Kier alpha value is 0.776. The minimum atomic E-state index is -0.548. The fraction of sp³-hybridized carbons (Fsp3) is 1.00. The third-order valence-electron chi connectivity index (χ3n) is 0.0845. The molecule has 0 aromatic rings. The second-order valence-corrected chi connectivity index (χ2v) is 2.37. The van der Waals surface area contributed by atoms with Crippen molar-refractivity contribution in [3.05, 3.63) is 0 Å². The van der Waals surface area contributed by atoms with E-state index in [1.54, 1.807) is 0 Å². The highest BCUT2D eigenvalue weighted by atomic mass is 35.5. The summed E-state index contributed by atoms with van der Waals surface area (Å²) in [6.07, 6.45) is 0. The molecule has 0 amide bonds. The van der Waals surface area contributed by atoms with Crippen LogP contribution in [0, 0.1) is 0 Å². The van der Waals surface area contributed by atoms with Crippen LogP contribution in [0.1, 0.15) is 0 Å². The lowest BCUT2D eigenvalue weighted by Crippen LogP contribution is -1.82. The van der Waals surface area contributed by atoms with Crippen molar-refractivity contribution in [3.8, 4) is 0 Å². The van der Waals surface area contributed by atoms with Gasteiger partial charge in [0, 0.05) is 0 Å². The molecule has 0 heterocycles. The molecule has 0 aromatic carbocycles. The molecule has 0 spiro atoms. The average Bonchev–Trinajstić information content (AvgIpc) is 1.37. The molecule has 0 saturated heterocycles. The van der Waals surface area contributed by atoms with Crippen LogP contribution in [0.2, 0.25) is 0 Å². The van der Waals surface area contributed by atoms with Gasteiger partial charge in [-0.3, -0.25) is 0 Å². The normalized spacial score (nSPS) is 2.20. The zero-order chi connectivity index (χ0) is 3.41. The quantitative estimate of drug-likeness (QED) is 0.403. The van der Waals surface area contributed by atoms with Crippen molar-refractivity contribution >= 4 is 28.3 Å². The van der Waals surface area contributed by atoms with E-state index in [2.05, 4.69) is 0 Å². The monoisotopic (exact) mass is 198 g/mol. The molecule has 0 aliphatic carbocycles. The molecule has 0 aromatic heterocycles. The highest BCUT2D eigenvalue weighted by Crippen LogP contribution is 1.57. The van der Waals surface area contributed by atoms with Gasteiger partial charge in [-0.2, -0.15) is 0 Å². The molecule has 13 N–H and O–H groups in total. The van der Waals surface area contributed by atoms with E-state index < -0.39 is 19.3 Å². The van der Waals surface area contributed by atoms with Crippen molar-refractivity contribution in [3.63, 3.8) is 0 Å². The zero-order valence-corrected chi connectivity index (χ0v) is 7.41. The lowest BCUT2D eigenvalue weighted by atomic mass is 11.7. The zero-order valence-electron chi connectivity index (χ0n) is 5.24. The lowest BCUT2D eigenvalue weighted by molar-refractivity contribution is 0.368. The van der Waals surface area contributed by atoms with Crippen LogP contribution in [-0.4, -0.2) is 62.0 Å². The summed E-state index contributed by atoms with van der Waals surface area (Å²) in [7, 11) is 5.07. The van der Waals surface area contributed by atoms with E-state index in [1.165, 1.54) is 0 Å². The summed E-state index contributed by atoms with van der Waals surface area (Å²) in [6, 6.07) is 0. The Labute approximate surface area is 71.3 Å². The van der Waals surface area contributed by atoms with Gasteiger partial charge in [-0.1, -0.05) is 0 Å². The van der Waals surface area contributed by atoms with E-state index in [0.717, 1.165) is 0 Å². The largest absolute Gasteiger partial charge is 0.532 e. The molecule has 0 rings (SSSR count). The highest BCUT2D eigenvalue weighted by Gasteiger charge is 1.76. The fourth-order valence-corrected chi connectivity index (χ4v) is 0. The number of halogens is 1. The van der Waals surface area contributed by atoms with Crippen LogP contribution in [0.3, 0.4) is 0 Å². The Morgan fingerprint density at radius 2 is 1.00 bits per heavy atom. The Bertz CT molecular complexity index is 15.6. The highest BCUT2D eigenvalue weighted by molar-refractivity contribution is 6.93. The molecule has 0 bridgehead atoms. The minimum Gasteiger partial charge on any atom is -0.422 e. The second kappa shape index (κ2) is 97.7. The van der Waals surface area contributed by atoms with Gasteiger partial charge in [0.1, 0.15) is 0 Å². The molecular formula is CH15ClMgO7. The molecular weight excluding hydrogens is 184 g/mol. The molecule has 9 heteroatoms. The Balaban J connectivity index is -0.00000000300. The topological polar surface area (TPSA) is 209 Å². The first kappa shape index (κ1) is 72.2. The summed E-state index contributed by atoms with van der Waals surface area (Å²) in [5, 5.41) is 7.80. The lowest BCUT2D eigenvalue weighted by Gasteiger charge is -1.61. The van der Waals surface area contributed by atoms with Gasteiger partial charge in [0.05, 0.1) is 0 Å². The number of hydrogen-bond acceptors (Lipinski definition) is 1. The van der Waals surface area contributed by atoms with E-state index in [9.17, 15) is 0 Å². The van der Waals surface area contributed by atoms with Gasteiger partial charge < -0.3 is 47.0 Å². The predicted molar refractivity (Wildman–Crippen MR) is 40.4 cm³/mol. The van der Waals surface area contributed by atoms with E-state index in [1.807, 2.05) is 0 Å². The van der Waals surface area contributed by atoms with E-state index in [0.29, 0.717) is 0 Å². The maximum absolute atomic E-state index is 7.80. The number of aliphatic hydroxyl groups excluding tert-OH is 1. The fourth-order valence-electron chi connectivity index (χ4n) is 0. The molecule has 0 fully saturated rings. The van der Waals surface area contributed by atoms with Crippen LogP contribution in [0.15, 0.2) is 0 Å². The van der Waals surface area contributed by atoms with Crippen molar-refractivity contribution in [2.45, 2.75) is 0 Å². The average molecular weight is 199 g/mol. The van der Waals surface area contributed by atoms with Crippen molar-refractivity contribution in [2.24, 2.45) is 0 Å². The molecule has 10 heavy (non-hydrogen) atoms. The summed E-state index contributed by atoms with van der Waals surface area (Å²) >= 11 is -0.548. The molecule has 70 valence electrons.